The minimum absolute atomic E-state index is 0.0321. The van der Waals surface area contributed by atoms with Crippen molar-refractivity contribution in [3.8, 4) is 11.5 Å². The highest BCUT2D eigenvalue weighted by Crippen LogP contribution is 2.34. The first kappa shape index (κ1) is 25.2. The predicted octanol–water partition coefficient (Wildman–Crippen LogP) is 5.02. The van der Waals surface area contributed by atoms with Crippen LogP contribution in [0.3, 0.4) is 0 Å². The molecule has 3 rings (SSSR count). The van der Waals surface area contributed by atoms with Crippen LogP contribution in [-0.4, -0.2) is 39.7 Å². The van der Waals surface area contributed by atoms with Crippen molar-refractivity contribution >= 4 is 61.6 Å². The van der Waals surface area contributed by atoms with Crippen molar-refractivity contribution < 1.29 is 19.4 Å². The Morgan fingerprint density at radius 3 is 2.67 bits per heavy atom. The van der Waals surface area contributed by atoms with Crippen LogP contribution in [0.5, 0.6) is 11.5 Å². The summed E-state index contributed by atoms with van der Waals surface area (Å²) in [7, 11) is 0. The van der Waals surface area contributed by atoms with E-state index >= 15 is 0 Å². The molecule has 174 valence electrons. The fraction of sp³-hybridized carbons (Fsp3) is 0.304. The molecular weight excluding hydrogens is 605 g/mol. The summed E-state index contributed by atoms with van der Waals surface area (Å²) in [5.41, 5.74) is 1.01. The number of rotatable bonds is 8. The van der Waals surface area contributed by atoms with E-state index in [1.807, 2.05) is 26.8 Å². The molecule has 0 aliphatic heterocycles. The average Bonchev–Trinajstić information content (AvgIpc) is 2.75. The minimum Gasteiger partial charge on any atom is -0.490 e. The summed E-state index contributed by atoms with van der Waals surface area (Å²) in [4.78, 5) is 29.0. The molecule has 1 aromatic heterocycles. The third-order valence-corrected chi connectivity index (χ3v) is 5.94. The molecular formula is C23H23BrIN3O5. The molecule has 2 aromatic carbocycles. The van der Waals surface area contributed by atoms with Gasteiger partial charge in [-0.2, -0.15) is 9.78 Å². The molecule has 0 spiro atoms. The van der Waals surface area contributed by atoms with Crippen LogP contribution in [0.4, 0.5) is 0 Å². The summed E-state index contributed by atoms with van der Waals surface area (Å²) in [6, 6.07) is 8.85. The third-order valence-electron chi connectivity index (χ3n) is 4.65. The highest BCUT2D eigenvalue weighted by Gasteiger charge is 2.19. The van der Waals surface area contributed by atoms with Crippen molar-refractivity contribution in [2.45, 2.75) is 39.7 Å². The van der Waals surface area contributed by atoms with Gasteiger partial charge in [0.25, 0.3) is 5.56 Å². The van der Waals surface area contributed by atoms with Gasteiger partial charge in [0.2, 0.25) is 0 Å². The van der Waals surface area contributed by atoms with Crippen LogP contribution in [-0.2, 0) is 4.79 Å². The predicted molar refractivity (Wildman–Crippen MR) is 139 cm³/mol. The first-order chi connectivity index (χ1) is 15.6. The molecule has 0 unspecified atom stereocenters. The second-order valence-corrected chi connectivity index (χ2v) is 9.59. The largest absolute Gasteiger partial charge is 0.490 e. The van der Waals surface area contributed by atoms with Gasteiger partial charge in [0.05, 0.1) is 27.3 Å². The molecule has 8 nitrogen and oxygen atoms in total. The van der Waals surface area contributed by atoms with Crippen molar-refractivity contribution in [1.29, 1.82) is 0 Å². The molecule has 33 heavy (non-hydrogen) atoms. The zero-order chi connectivity index (χ0) is 24.3. The maximum atomic E-state index is 13.2. The van der Waals surface area contributed by atoms with Crippen LogP contribution >= 0.6 is 38.5 Å². The fourth-order valence-electron chi connectivity index (χ4n) is 3.04. The van der Waals surface area contributed by atoms with E-state index in [1.165, 1.54) is 11.6 Å². The number of ether oxygens (including phenoxy) is 2. The molecule has 0 aliphatic carbocycles. The number of hydrogen-bond acceptors (Lipinski definition) is 6. The molecule has 0 radical (unpaired) electrons. The first-order valence-electron chi connectivity index (χ1n) is 10.2. The molecule has 0 saturated heterocycles. The highest BCUT2D eigenvalue weighted by atomic mass is 127. The summed E-state index contributed by atoms with van der Waals surface area (Å²) >= 11 is 5.46. The van der Waals surface area contributed by atoms with Gasteiger partial charge >= 0.3 is 5.97 Å². The molecule has 1 N–H and O–H groups in total. The molecule has 3 aromatic rings. The van der Waals surface area contributed by atoms with Crippen molar-refractivity contribution in [1.82, 2.24) is 9.66 Å². The minimum atomic E-state index is -1.07. The van der Waals surface area contributed by atoms with Crippen molar-refractivity contribution in [2.75, 3.05) is 6.61 Å². The Bertz CT molecular complexity index is 1290. The Hall–Kier alpha value is -2.47. The summed E-state index contributed by atoms with van der Waals surface area (Å²) in [6.45, 7) is 7.55. The summed E-state index contributed by atoms with van der Waals surface area (Å²) < 4.78 is 14.0. The van der Waals surface area contributed by atoms with E-state index in [1.54, 1.807) is 30.5 Å². The molecule has 0 bridgehead atoms. The Kier molecular flexibility index (Phi) is 8.11. The average molecular weight is 628 g/mol. The van der Waals surface area contributed by atoms with E-state index in [4.69, 9.17) is 9.47 Å². The van der Waals surface area contributed by atoms with Gasteiger partial charge in [-0.1, -0.05) is 29.8 Å². The zero-order valence-electron chi connectivity index (χ0n) is 18.5. The number of aromatic nitrogens is 2. The van der Waals surface area contributed by atoms with Gasteiger partial charge in [0.15, 0.2) is 17.6 Å². The summed E-state index contributed by atoms with van der Waals surface area (Å²) in [5.74, 6) is 0.184. The Morgan fingerprint density at radius 1 is 1.30 bits per heavy atom. The van der Waals surface area contributed by atoms with Gasteiger partial charge in [0.1, 0.15) is 5.82 Å². The number of carbonyl (C=O) groups is 1. The number of hydrogen-bond donors (Lipinski definition) is 1. The van der Waals surface area contributed by atoms with Crippen molar-refractivity contribution in [3.05, 3.63) is 60.1 Å². The Morgan fingerprint density at radius 2 is 2.03 bits per heavy atom. The number of aliphatic carboxylic acids is 1. The monoisotopic (exact) mass is 627 g/mol. The second kappa shape index (κ2) is 10.6. The second-order valence-electron chi connectivity index (χ2n) is 7.51. The normalized spacial score (nSPS) is 12.5. The van der Waals surface area contributed by atoms with Crippen LogP contribution < -0.4 is 15.0 Å². The molecule has 0 aliphatic rings. The maximum Gasteiger partial charge on any atom is 0.344 e. The van der Waals surface area contributed by atoms with Crippen molar-refractivity contribution in [3.63, 3.8) is 0 Å². The highest BCUT2D eigenvalue weighted by molar-refractivity contribution is 14.1. The van der Waals surface area contributed by atoms with Gasteiger partial charge < -0.3 is 14.6 Å². The van der Waals surface area contributed by atoms with E-state index in [9.17, 15) is 14.7 Å². The number of benzene rings is 2. The summed E-state index contributed by atoms with van der Waals surface area (Å²) in [5, 5.41) is 14.1. The van der Waals surface area contributed by atoms with E-state index in [0.717, 1.165) is 4.47 Å². The SMILES string of the molecule is CCOc1cc(C=Nn2c(C(C)C)nc3ccc(Br)cc3c2=O)cc(I)c1O[C@H](C)C(=O)O. The lowest BCUT2D eigenvalue weighted by Gasteiger charge is -2.17. The molecule has 0 fully saturated rings. The zero-order valence-corrected chi connectivity index (χ0v) is 22.2. The molecule has 0 saturated carbocycles. The quantitative estimate of drug-likeness (QED) is 0.278. The van der Waals surface area contributed by atoms with Gasteiger partial charge in [0, 0.05) is 10.4 Å². The molecule has 1 atom stereocenters. The van der Waals surface area contributed by atoms with Gasteiger partial charge in [-0.15, -0.1) is 0 Å². The van der Waals surface area contributed by atoms with E-state index in [-0.39, 0.29) is 11.5 Å². The number of carboxylic acid groups (broad SMARTS) is 1. The van der Waals surface area contributed by atoms with Crippen LogP contribution in [0.25, 0.3) is 10.9 Å². The fourth-order valence-corrected chi connectivity index (χ4v) is 4.16. The standard InChI is InChI=1S/C23H23BrIN3O5/c1-5-32-19-9-14(8-17(25)20(19)33-13(4)23(30)31)11-26-28-21(12(2)3)27-18-7-6-15(24)10-16(18)22(28)29/h6-13H,5H2,1-4H3,(H,30,31)/t13-/m1/s1. The van der Waals surface area contributed by atoms with Crippen LogP contribution in [0.1, 0.15) is 45.0 Å². The lowest BCUT2D eigenvalue weighted by Crippen LogP contribution is -2.24. The first-order valence-corrected chi connectivity index (χ1v) is 12.1. The van der Waals surface area contributed by atoms with Crippen LogP contribution in [0.2, 0.25) is 0 Å². The Balaban J connectivity index is 2.09. The topological polar surface area (TPSA) is 103 Å². The van der Waals surface area contributed by atoms with Gasteiger partial charge in [-0.25, -0.2) is 9.78 Å². The number of carboxylic acids is 1. The third kappa shape index (κ3) is 5.72. The van der Waals surface area contributed by atoms with E-state index in [0.29, 0.717) is 44.0 Å². The van der Waals surface area contributed by atoms with Crippen molar-refractivity contribution in [2.24, 2.45) is 5.10 Å². The summed E-state index contributed by atoms with van der Waals surface area (Å²) in [6.07, 6.45) is 0.515. The van der Waals surface area contributed by atoms with Crippen LogP contribution in [0.15, 0.2) is 44.7 Å². The molecule has 1 heterocycles. The molecule has 0 amide bonds. The number of nitrogens with zero attached hydrogens (tertiary/aromatic N) is 3. The lowest BCUT2D eigenvalue weighted by atomic mass is 10.2. The van der Waals surface area contributed by atoms with Gasteiger partial charge in [-0.3, -0.25) is 4.79 Å². The van der Waals surface area contributed by atoms with Crippen LogP contribution in [0, 0.1) is 3.57 Å². The molecule has 10 heteroatoms. The lowest BCUT2D eigenvalue weighted by molar-refractivity contribution is -0.144. The van der Waals surface area contributed by atoms with Gasteiger partial charge in [-0.05, 0) is 72.3 Å². The van der Waals surface area contributed by atoms with E-state index in [2.05, 4.69) is 48.6 Å². The Labute approximate surface area is 212 Å². The van der Waals surface area contributed by atoms with E-state index < -0.39 is 12.1 Å². The maximum absolute atomic E-state index is 13.2. The number of fused-ring (bicyclic) bond motifs is 1. The number of halogens is 2. The smallest absolute Gasteiger partial charge is 0.344 e.